The lowest BCUT2D eigenvalue weighted by molar-refractivity contribution is 0.0922. The maximum atomic E-state index is 8.51. The van der Waals surface area contributed by atoms with Crippen LogP contribution in [0.1, 0.15) is 6.42 Å². The fraction of sp³-hybridized carbons (Fsp3) is 0.667. The lowest BCUT2D eigenvalue weighted by atomic mass is 10.4. The highest BCUT2D eigenvalue weighted by molar-refractivity contribution is 7.99. The molecule has 0 bridgehead atoms. The first kappa shape index (κ1) is 13.6. The average molecular weight is 263 g/mol. The maximum absolute atomic E-state index is 8.51. The molecule has 0 aromatic carbocycles. The molecule has 16 heavy (non-hydrogen) atoms. The quantitative estimate of drug-likeness (QED) is 0.484. The van der Waals surface area contributed by atoms with Gasteiger partial charge in [-0.25, -0.2) is 0 Å². The van der Waals surface area contributed by atoms with Crippen molar-refractivity contribution in [3.63, 3.8) is 0 Å². The van der Waals surface area contributed by atoms with Crippen LogP contribution in [0.4, 0.5) is 10.8 Å². The standard InChI is InChI=1S/C9H17N3O2S2/c1-15-7-8(10)12-16-9(7)11-3-2-5-14-6-4-13/h11,13H,2-6H2,1H3,(H2,10,12). The second kappa shape index (κ2) is 7.72. The van der Waals surface area contributed by atoms with Crippen LogP contribution >= 0.6 is 23.3 Å². The normalized spacial score (nSPS) is 10.6. The molecule has 4 N–H and O–H groups in total. The van der Waals surface area contributed by atoms with Crippen molar-refractivity contribution < 1.29 is 9.84 Å². The van der Waals surface area contributed by atoms with E-state index in [2.05, 4.69) is 9.69 Å². The number of hydrogen-bond donors (Lipinski definition) is 3. The Kier molecular flexibility index (Phi) is 6.55. The Morgan fingerprint density at radius 1 is 1.56 bits per heavy atom. The molecule has 0 fully saturated rings. The molecule has 1 aromatic heterocycles. The number of nitrogens with one attached hydrogen (secondary N) is 1. The molecule has 0 aliphatic rings. The second-order valence-corrected chi connectivity index (χ2v) is 4.64. The number of hydrogen-bond acceptors (Lipinski definition) is 7. The van der Waals surface area contributed by atoms with Crippen molar-refractivity contribution >= 4 is 34.1 Å². The number of nitrogens with zero attached hydrogens (tertiary/aromatic N) is 1. The van der Waals surface area contributed by atoms with E-state index in [1.54, 1.807) is 11.8 Å². The van der Waals surface area contributed by atoms with Gasteiger partial charge in [-0.1, -0.05) is 0 Å². The van der Waals surface area contributed by atoms with Gasteiger partial charge in [0.05, 0.1) is 18.1 Å². The van der Waals surface area contributed by atoms with Crippen molar-refractivity contribution in [1.29, 1.82) is 0 Å². The van der Waals surface area contributed by atoms with Crippen LogP contribution < -0.4 is 11.1 Å². The number of nitrogens with two attached hydrogens (primary N) is 1. The highest BCUT2D eigenvalue weighted by Crippen LogP contribution is 2.34. The fourth-order valence-electron chi connectivity index (χ4n) is 1.15. The van der Waals surface area contributed by atoms with Crippen LogP contribution in [0.3, 0.4) is 0 Å². The lowest BCUT2D eigenvalue weighted by Gasteiger charge is -2.05. The third-order valence-corrected chi connectivity index (χ3v) is 3.63. The molecule has 5 nitrogen and oxygen atoms in total. The van der Waals surface area contributed by atoms with E-state index >= 15 is 0 Å². The highest BCUT2D eigenvalue weighted by Gasteiger charge is 2.09. The van der Waals surface area contributed by atoms with Gasteiger partial charge in [0.25, 0.3) is 0 Å². The molecule has 0 saturated heterocycles. The minimum absolute atomic E-state index is 0.0788. The van der Waals surface area contributed by atoms with Crippen LogP contribution in [0.25, 0.3) is 0 Å². The Morgan fingerprint density at radius 2 is 2.38 bits per heavy atom. The Hall–Kier alpha value is -0.500. The summed E-state index contributed by atoms with van der Waals surface area (Å²) in [6.45, 7) is 1.95. The molecule has 0 saturated carbocycles. The summed E-state index contributed by atoms with van der Waals surface area (Å²) in [6.07, 6.45) is 2.88. The number of thioether (sulfide) groups is 1. The number of aromatic nitrogens is 1. The van der Waals surface area contributed by atoms with Gasteiger partial charge in [-0.05, 0) is 24.2 Å². The molecule has 0 spiro atoms. The molecule has 0 amide bonds. The third-order valence-electron chi connectivity index (χ3n) is 1.86. The number of aliphatic hydroxyl groups is 1. The summed E-state index contributed by atoms with van der Waals surface area (Å²) in [5, 5.41) is 12.8. The van der Waals surface area contributed by atoms with Crippen LogP contribution in [-0.2, 0) is 4.74 Å². The van der Waals surface area contributed by atoms with Crippen molar-refractivity contribution in [2.24, 2.45) is 0 Å². The van der Waals surface area contributed by atoms with Gasteiger partial charge in [-0.15, -0.1) is 11.8 Å². The van der Waals surface area contributed by atoms with Gasteiger partial charge in [0, 0.05) is 13.2 Å². The molecule has 7 heteroatoms. The van der Waals surface area contributed by atoms with E-state index in [0.29, 0.717) is 19.0 Å². The predicted molar refractivity (Wildman–Crippen MR) is 69.3 cm³/mol. The van der Waals surface area contributed by atoms with E-state index in [1.165, 1.54) is 11.5 Å². The Balaban J connectivity index is 2.21. The van der Waals surface area contributed by atoms with E-state index in [4.69, 9.17) is 15.6 Å². The monoisotopic (exact) mass is 263 g/mol. The fourth-order valence-corrected chi connectivity index (χ4v) is 2.71. The van der Waals surface area contributed by atoms with E-state index in [0.717, 1.165) is 22.9 Å². The molecule has 1 heterocycles. The third kappa shape index (κ3) is 4.17. The summed E-state index contributed by atoms with van der Waals surface area (Å²) in [5.74, 6) is 0.594. The zero-order valence-corrected chi connectivity index (χ0v) is 10.9. The zero-order chi connectivity index (χ0) is 11.8. The summed E-state index contributed by atoms with van der Waals surface area (Å²) in [7, 11) is 0. The van der Waals surface area contributed by atoms with Crippen molar-refractivity contribution in [2.45, 2.75) is 11.3 Å². The molecular formula is C9H17N3O2S2. The molecule has 1 rings (SSSR count). The van der Waals surface area contributed by atoms with Gasteiger partial charge >= 0.3 is 0 Å². The molecular weight excluding hydrogens is 246 g/mol. The Bertz CT molecular complexity index is 307. The van der Waals surface area contributed by atoms with Crippen LogP contribution in [0.15, 0.2) is 4.90 Å². The molecule has 92 valence electrons. The number of rotatable bonds is 8. The van der Waals surface area contributed by atoms with Crippen LogP contribution in [0.5, 0.6) is 0 Å². The minimum atomic E-state index is 0.0788. The van der Waals surface area contributed by atoms with Gasteiger partial charge in [0.15, 0.2) is 5.82 Å². The van der Waals surface area contributed by atoms with E-state index in [9.17, 15) is 0 Å². The summed E-state index contributed by atoms with van der Waals surface area (Å²) < 4.78 is 9.24. The SMILES string of the molecule is CSc1c(N)nsc1NCCCOCCO. The predicted octanol–water partition coefficient (Wildman–Crippen LogP) is 1.26. The van der Waals surface area contributed by atoms with Gasteiger partial charge in [0.1, 0.15) is 5.00 Å². The smallest absolute Gasteiger partial charge is 0.153 e. The van der Waals surface area contributed by atoms with Crippen molar-refractivity contribution in [1.82, 2.24) is 4.37 Å². The topological polar surface area (TPSA) is 80.4 Å². The number of anilines is 2. The average Bonchev–Trinajstić information content (AvgIpc) is 2.64. The number of ether oxygens (including phenoxy) is 1. The minimum Gasteiger partial charge on any atom is -0.394 e. The molecule has 0 atom stereocenters. The molecule has 0 aliphatic heterocycles. The van der Waals surface area contributed by atoms with Crippen LogP contribution in [-0.4, -0.2) is 42.1 Å². The molecule has 0 unspecified atom stereocenters. The first-order valence-corrected chi connectivity index (χ1v) is 7.01. The van der Waals surface area contributed by atoms with Gasteiger partial charge in [0.2, 0.25) is 0 Å². The van der Waals surface area contributed by atoms with Gasteiger partial charge in [-0.2, -0.15) is 4.37 Å². The zero-order valence-electron chi connectivity index (χ0n) is 9.23. The van der Waals surface area contributed by atoms with Crippen molar-refractivity contribution in [3.8, 4) is 0 Å². The number of nitrogen functional groups attached to an aromatic ring is 1. The Labute approximate surface area is 104 Å². The van der Waals surface area contributed by atoms with Gasteiger partial charge in [-0.3, -0.25) is 0 Å². The maximum Gasteiger partial charge on any atom is 0.153 e. The summed E-state index contributed by atoms with van der Waals surface area (Å²) in [5.41, 5.74) is 5.71. The van der Waals surface area contributed by atoms with Crippen LogP contribution in [0.2, 0.25) is 0 Å². The highest BCUT2D eigenvalue weighted by atomic mass is 32.2. The molecule has 1 aromatic rings. The summed E-state index contributed by atoms with van der Waals surface area (Å²) >= 11 is 2.98. The molecule has 0 aliphatic carbocycles. The Morgan fingerprint density at radius 3 is 3.06 bits per heavy atom. The second-order valence-electron chi connectivity index (χ2n) is 3.05. The van der Waals surface area contributed by atoms with E-state index in [1.807, 2.05) is 6.26 Å². The van der Waals surface area contributed by atoms with Crippen molar-refractivity contribution in [2.75, 3.05) is 43.7 Å². The first-order valence-electron chi connectivity index (χ1n) is 5.01. The number of aliphatic hydroxyl groups excluding tert-OH is 1. The van der Waals surface area contributed by atoms with Crippen molar-refractivity contribution in [3.05, 3.63) is 0 Å². The molecule has 0 radical (unpaired) electrons. The van der Waals surface area contributed by atoms with Gasteiger partial charge < -0.3 is 20.9 Å². The largest absolute Gasteiger partial charge is 0.394 e. The van der Waals surface area contributed by atoms with E-state index in [-0.39, 0.29) is 6.61 Å². The lowest BCUT2D eigenvalue weighted by Crippen LogP contribution is -2.07. The van der Waals surface area contributed by atoms with Crippen LogP contribution in [0, 0.1) is 0 Å². The summed E-state index contributed by atoms with van der Waals surface area (Å²) in [6, 6.07) is 0. The van der Waals surface area contributed by atoms with E-state index < -0.39 is 0 Å². The summed E-state index contributed by atoms with van der Waals surface area (Å²) in [4.78, 5) is 1.02. The first-order chi connectivity index (χ1) is 7.79.